The van der Waals surface area contributed by atoms with E-state index in [1.54, 1.807) is 39.1 Å². The number of ether oxygens (including phenoxy) is 2. The second-order valence-electron chi connectivity index (χ2n) is 11.2. The van der Waals surface area contributed by atoms with Crippen LogP contribution in [0.3, 0.4) is 0 Å². The van der Waals surface area contributed by atoms with Crippen molar-refractivity contribution in [1.82, 2.24) is 39.1 Å². The van der Waals surface area contributed by atoms with Crippen molar-refractivity contribution in [2.45, 2.75) is 25.9 Å². The fraction of sp³-hybridized carbons (Fsp3) is 0.216. The summed E-state index contributed by atoms with van der Waals surface area (Å²) in [7, 11) is 3.36. The summed E-state index contributed by atoms with van der Waals surface area (Å²) in [6.07, 6.45) is 15.3. The zero-order valence-electron chi connectivity index (χ0n) is 27.8. The van der Waals surface area contributed by atoms with Crippen LogP contribution in [0.15, 0.2) is 125 Å². The Morgan fingerprint density at radius 2 is 1.46 bits per heavy atom. The summed E-state index contributed by atoms with van der Waals surface area (Å²) in [4.78, 5) is 17.4. The van der Waals surface area contributed by atoms with Crippen LogP contribution < -0.4 is 0 Å². The molecule has 1 N–H and O–H groups in total. The van der Waals surface area contributed by atoms with Crippen molar-refractivity contribution >= 4 is 43.2 Å². The number of carbonyl (C=O) groups excluding carboxylic acids is 1. The van der Waals surface area contributed by atoms with Crippen LogP contribution in [0.1, 0.15) is 11.3 Å². The number of Topliss-reactive ketones (excluding diaryl/α,β-unsaturated/α-hetero) is 1. The molecule has 0 spiro atoms. The molecule has 0 amide bonds. The average molecular weight is 803 g/mol. The molecule has 0 unspecified atom stereocenters. The highest BCUT2D eigenvalue weighted by Gasteiger charge is 2.15. The number of fused-ring (bicyclic) bond motifs is 1. The van der Waals surface area contributed by atoms with E-state index in [2.05, 4.69) is 75.4 Å². The van der Waals surface area contributed by atoms with Gasteiger partial charge in [-0.1, -0.05) is 60.7 Å². The summed E-state index contributed by atoms with van der Waals surface area (Å²) in [5.41, 5.74) is 7.23. The number of nitrogens with one attached hydrogen (secondary N) is 1. The molecule has 11 nitrogen and oxygen atoms in total. The second-order valence-corrected chi connectivity index (χ2v) is 13.0. The number of halogens is 2. The first-order valence-electron chi connectivity index (χ1n) is 15.9. The maximum absolute atomic E-state index is 13.1. The number of hydrogen-bond donors (Lipinski definition) is 1. The highest BCUT2D eigenvalue weighted by Crippen LogP contribution is 2.26. The first kappa shape index (κ1) is 36.6. The van der Waals surface area contributed by atoms with Gasteiger partial charge in [-0.05, 0) is 54.6 Å². The molecule has 0 aliphatic carbocycles. The first-order valence-corrected chi connectivity index (χ1v) is 17.4. The first-order chi connectivity index (χ1) is 24.4. The minimum absolute atomic E-state index is 0.165. The van der Waals surface area contributed by atoms with E-state index in [9.17, 15) is 4.79 Å². The van der Waals surface area contributed by atoms with Crippen LogP contribution in [-0.4, -0.2) is 72.4 Å². The molecule has 0 atom stereocenters. The third kappa shape index (κ3) is 10.7. The normalized spacial score (nSPS) is 10.7. The molecular formula is C37H38Br2N8O3. The third-order valence-electron chi connectivity index (χ3n) is 7.58. The molecule has 0 saturated heterocycles. The number of aromatic amines is 1. The Balaban J connectivity index is 0.000000249. The molecule has 0 fully saturated rings. The van der Waals surface area contributed by atoms with Crippen LogP contribution in [0.2, 0.25) is 0 Å². The summed E-state index contributed by atoms with van der Waals surface area (Å²) < 4.78 is 17.7. The molecule has 0 aliphatic heterocycles. The lowest BCUT2D eigenvalue weighted by atomic mass is 9.97. The number of ketones is 1. The summed E-state index contributed by atoms with van der Waals surface area (Å²) in [5.74, 6) is 0.165. The molecule has 5 heterocycles. The van der Waals surface area contributed by atoms with Crippen molar-refractivity contribution in [3.8, 4) is 22.3 Å². The molecule has 7 rings (SSSR count). The number of pyridine rings is 1. The average Bonchev–Trinajstić information content (AvgIpc) is 3.97. The van der Waals surface area contributed by atoms with Crippen LogP contribution in [0.5, 0.6) is 0 Å². The van der Waals surface area contributed by atoms with E-state index in [1.165, 1.54) is 0 Å². The van der Waals surface area contributed by atoms with Crippen LogP contribution in [0.25, 0.3) is 27.8 Å². The second kappa shape index (κ2) is 18.9. The van der Waals surface area contributed by atoms with Gasteiger partial charge in [0.25, 0.3) is 0 Å². The number of nitrogens with zero attached hydrogens (tertiary/aromatic N) is 7. The standard InChI is InChI=1S/C28H26N4O2.C6H9BrN2O.C3H3BrN2/c1-34-14-13-31-19-24(17-30-31)22-9-7-21(8-10-22)15-26(33)16-28-27(23-5-3-2-4-6-23)12-11-25-18-29-20-32(25)28;1-10-3-2-9-5-6(7)4-8-9;4-3-1-5-6-2-3/h2-12,17-20H,13-16H2,1H3;4-5H,2-3H2,1H3;1-2H,(H,5,6). The van der Waals surface area contributed by atoms with Crippen LogP contribution in [0, 0.1) is 0 Å². The number of imidazole rings is 1. The van der Waals surface area contributed by atoms with Gasteiger partial charge in [-0.3, -0.25) is 19.3 Å². The largest absolute Gasteiger partial charge is 0.383 e. The molecule has 0 saturated carbocycles. The number of benzene rings is 2. The number of aromatic nitrogens is 8. The fourth-order valence-corrected chi connectivity index (χ4v) is 5.63. The van der Waals surface area contributed by atoms with Gasteiger partial charge in [-0.2, -0.15) is 15.3 Å². The van der Waals surface area contributed by atoms with Gasteiger partial charge in [-0.25, -0.2) is 4.98 Å². The number of hydrogen-bond acceptors (Lipinski definition) is 7. The summed E-state index contributed by atoms with van der Waals surface area (Å²) in [5, 5.41) is 14.7. The molecular weight excluding hydrogens is 764 g/mol. The lowest BCUT2D eigenvalue weighted by Crippen LogP contribution is -2.11. The minimum Gasteiger partial charge on any atom is -0.383 e. The molecule has 50 heavy (non-hydrogen) atoms. The maximum Gasteiger partial charge on any atom is 0.143 e. The predicted octanol–water partition coefficient (Wildman–Crippen LogP) is 7.33. The lowest BCUT2D eigenvalue weighted by molar-refractivity contribution is -0.117. The van der Waals surface area contributed by atoms with Gasteiger partial charge < -0.3 is 13.9 Å². The monoisotopic (exact) mass is 800 g/mol. The van der Waals surface area contributed by atoms with Crippen molar-refractivity contribution in [3.05, 3.63) is 137 Å². The summed E-state index contributed by atoms with van der Waals surface area (Å²) >= 11 is 6.49. The number of H-pyrrole nitrogens is 1. The van der Waals surface area contributed by atoms with Crippen molar-refractivity contribution in [2.75, 3.05) is 27.4 Å². The molecule has 7 aromatic rings. The van der Waals surface area contributed by atoms with Crippen LogP contribution in [0.4, 0.5) is 0 Å². The Labute approximate surface area is 307 Å². The highest BCUT2D eigenvalue weighted by atomic mass is 79.9. The Morgan fingerprint density at radius 3 is 2.08 bits per heavy atom. The quantitative estimate of drug-likeness (QED) is 0.138. The van der Waals surface area contributed by atoms with E-state index in [0.29, 0.717) is 26.1 Å². The van der Waals surface area contributed by atoms with Crippen molar-refractivity contribution in [2.24, 2.45) is 0 Å². The Morgan fingerprint density at radius 1 is 0.740 bits per heavy atom. The number of rotatable bonds is 12. The van der Waals surface area contributed by atoms with Gasteiger partial charge >= 0.3 is 0 Å². The van der Waals surface area contributed by atoms with Crippen molar-refractivity contribution in [1.29, 1.82) is 0 Å². The SMILES string of the molecule is Brc1cn[nH]c1.COCCn1cc(-c2ccc(CC(=O)Cc3c(-c4ccccc4)ccc4cncn34)cc2)cn1.COCCn1cc(Br)cn1. The molecule has 0 bridgehead atoms. The van der Waals surface area contributed by atoms with Gasteiger partial charge in [0.1, 0.15) is 5.78 Å². The predicted molar refractivity (Wildman–Crippen MR) is 201 cm³/mol. The van der Waals surface area contributed by atoms with Gasteiger partial charge in [-0.15, -0.1) is 0 Å². The zero-order chi connectivity index (χ0) is 35.1. The van der Waals surface area contributed by atoms with E-state index in [4.69, 9.17) is 9.47 Å². The number of methoxy groups -OCH3 is 2. The Hall–Kier alpha value is -4.69. The van der Waals surface area contributed by atoms with Crippen LogP contribution in [-0.2, 0) is 40.2 Å². The molecule has 258 valence electrons. The van der Waals surface area contributed by atoms with Gasteiger partial charge in [0.2, 0.25) is 0 Å². The molecule has 5 aromatic heterocycles. The van der Waals surface area contributed by atoms with E-state index >= 15 is 0 Å². The van der Waals surface area contributed by atoms with Gasteiger partial charge in [0, 0.05) is 62.5 Å². The minimum atomic E-state index is 0.165. The van der Waals surface area contributed by atoms with Crippen molar-refractivity contribution in [3.63, 3.8) is 0 Å². The molecule has 13 heteroatoms. The van der Waals surface area contributed by atoms with Gasteiger partial charge in [0.15, 0.2) is 0 Å². The number of carbonyl (C=O) groups is 1. The maximum atomic E-state index is 13.1. The Kier molecular flexibility index (Phi) is 13.8. The third-order valence-corrected chi connectivity index (χ3v) is 8.42. The van der Waals surface area contributed by atoms with Crippen LogP contribution >= 0.6 is 31.9 Å². The van der Waals surface area contributed by atoms with E-state index in [-0.39, 0.29) is 5.78 Å². The van der Waals surface area contributed by atoms with E-state index in [1.807, 2.05) is 87.1 Å². The summed E-state index contributed by atoms with van der Waals surface area (Å²) in [6, 6.07) is 22.4. The Bertz CT molecular complexity index is 2040. The van der Waals surface area contributed by atoms with Crippen molar-refractivity contribution < 1.29 is 14.3 Å². The highest BCUT2D eigenvalue weighted by molar-refractivity contribution is 9.10. The van der Waals surface area contributed by atoms with Gasteiger partial charge in [0.05, 0.1) is 71.9 Å². The summed E-state index contributed by atoms with van der Waals surface area (Å²) in [6.45, 7) is 2.86. The topological polar surface area (TPSA) is 117 Å². The zero-order valence-corrected chi connectivity index (χ0v) is 31.0. The fourth-order valence-electron chi connectivity index (χ4n) is 5.10. The lowest BCUT2D eigenvalue weighted by Gasteiger charge is -2.13. The molecule has 0 radical (unpaired) electrons. The van der Waals surface area contributed by atoms with E-state index in [0.717, 1.165) is 61.1 Å². The smallest absolute Gasteiger partial charge is 0.143 e. The van der Waals surface area contributed by atoms with E-state index < -0.39 is 0 Å². The molecule has 2 aromatic carbocycles. The molecule has 0 aliphatic rings.